The Morgan fingerprint density at radius 1 is 1.29 bits per heavy atom. The van der Waals surface area contributed by atoms with Crippen LogP contribution in [0.1, 0.15) is 5.56 Å². The Kier molecular flexibility index (Phi) is 4.03. The first-order chi connectivity index (χ1) is 7.50. The summed E-state index contributed by atoms with van der Waals surface area (Å²) in [6, 6.07) is 5.39. The third kappa shape index (κ3) is 2.72. The van der Waals surface area contributed by atoms with Crippen LogP contribution in [0.25, 0.3) is 0 Å². The maximum atomic E-state index is 12.8. The van der Waals surface area contributed by atoms with Gasteiger partial charge in [-0.2, -0.15) is 13.2 Å². The number of halogens is 4. The smallest absolute Gasteiger partial charge is 0.361 e. The molecule has 0 aliphatic carbocycles. The molecule has 0 bridgehead atoms. The summed E-state index contributed by atoms with van der Waals surface area (Å²) in [5.74, 6) is 0. The first kappa shape index (κ1) is 13.8. The van der Waals surface area contributed by atoms with E-state index in [-0.39, 0.29) is 19.0 Å². The van der Waals surface area contributed by atoms with Crippen molar-refractivity contribution in [3.63, 3.8) is 0 Å². The van der Waals surface area contributed by atoms with Gasteiger partial charge in [0.15, 0.2) is 0 Å². The molecule has 0 aromatic heterocycles. The standard InChI is InChI=1S/C11H11F3N2.ClH/c1-16-9-5-3-2-4-8(9)6-15-7-10(16)11(12,13)14;/h2-6,10H,7H2,1H3;1H. The molecule has 2 nitrogen and oxygen atoms in total. The number of aliphatic imine (C=N–C) groups is 1. The molecule has 0 fully saturated rings. The molecule has 0 radical (unpaired) electrons. The predicted molar refractivity (Wildman–Crippen MR) is 64.4 cm³/mol. The molecule has 2 rings (SSSR count). The number of likely N-dealkylation sites (N-methyl/N-ethyl adjacent to an activating group) is 1. The summed E-state index contributed by atoms with van der Waals surface area (Å²) in [7, 11) is 1.45. The van der Waals surface area contributed by atoms with Crippen LogP contribution in [-0.4, -0.2) is 32.0 Å². The first-order valence-electron chi connectivity index (χ1n) is 4.88. The lowest BCUT2D eigenvalue weighted by Gasteiger charge is -2.29. The largest absolute Gasteiger partial charge is 0.410 e. The van der Waals surface area contributed by atoms with E-state index in [0.29, 0.717) is 5.69 Å². The zero-order valence-corrected chi connectivity index (χ0v) is 9.92. The van der Waals surface area contributed by atoms with E-state index in [2.05, 4.69) is 4.99 Å². The first-order valence-corrected chi connectivity index (χ1v) is 4.88. The Balaban J connectivity index is 0.00000144. The molecule has 6 heteroatoms. The van der Waals surface area contributed by atoms with Crippen molar-refractivity contribution in [2.45, 2.75) is 12.2 Å². The van der Waals surface area contributed by atoms with E-state index in [1.807, 2.05) is 0 Å². The van der Waals surface area contributed by atoms with Gasteiger partial charge in [-0.3, -0.25) is 4.99 Å². The van der Waals surface area contributed by atoms with Crippen LogP contribution in [0.3, 0.4) is 0 Å². The number of benzodiazepines with no additional fused rings is 1. The van der Waals surface area contributed by atoms with Crippen LogP contribution in [0.4, 0.5) is 18.9 Å². The summed E-state index contributed by atoms with van der Waals surface area (Å²) < 4.78 is 38.3. The van der Waals surface area contributed by atoms with Gasteiger partial charge in [0.2, 0.25) is 0 Å². The minimum absolute atomic E-state index is 0. The highest BCUT2D eigenvalue weighted by molar-refractivity contribution is 5.88. The summed E-state index contributed by atoms with van der Waals surface area (Å²) in [5, 5.41) is 0. The lowest BCUT2D eigenvalue weighted by molar-refractivity contribution is -0.145. The van der Waals surface area contributed by atoms with Gasteiger partial charge in [0.05, 0.1) is 6.54 Å². The lowest BCUT2D eigenvalue weighted by atomic mass is 10.1. The van der Waals surface area contributed by atoms with Crippen LogP contribution in [0.15, 0.2) is 29.3 Å². The molecule has 0 saturated heterocycles. The highest BCUT2D eigenvalue weighted by atomic mass is 35.5. The van der Waals surface area contributed by atoms with Crippen molar-refractivity contribution in [3.05, 3.63) is 29.8 Å². The molecule has 0 amide bonds. The van der Waals surface area contributed by atoms with Gasteiger partial charge in [0, 0.05) is 24.5 Å². The minimum Gasteiger partial charge on any atom is -0.361 e. The molecule has 1 heterocycles. The average Bonchev–Trinajstić information content (AvgIpc) is 2.38. The van der Waals surface area contributed by atoms with Gasteiger partial charge >= 0.3 is 6.18 Å². The van der Waals surface area contributed by atoms with Crippen LogP contribution in [0, 0.1) is 0 Å². The number of hydrogen-bond acceptors (Lipinski definition) is 2. The molecule has 1 atom stereocenters. The number of benzene rings is 1. The molecule has 1 aliphatic rings. The third-order valence-electron chi connectivity index (χ3n) is 2.67. The van der Waals surface area contributed by atoms with Crippen LogP contribution in [0.2, 0.25) is 0 Å². The lowest BCUT2D eigenvalue weighted by Crippen LogP contribution is -2.45. The van der Waals surface area contributed by atoms with Gasteiger partial charge in [0.1, 0.15) is 6.04 Å². The highest BCUT2D eigenvalue weighted by Gasteiger charge is 2.43. The van der Waals surface area contributed by atoms with E-state index >= 15 is 0 Å². The van der Waals surface area contributed by atoms with Crippen molar-refractivity contribution >= 4 is 24.3 Å². The molecule has 17 heavy (non-hydrogen) atoms. The summed E-state index contributed by atoms with van der Waals surface area (Å²) in [5.41, 5.74) is 1.28. The molecule has 94 valence electrons. The van der Waals surface area contributed by atoms with E-state index in [1.165, 1.54) is 18.2 Å². The van der Waals surface area contributed by atoms with E-state index in [4.69, 9.17) is 0 Å². The van der Waals surface area contributed by atoms with Crippen LogP contribution >= 0.6 is 12.4 Å². The molecule has 1 unspecified atom stereocenters. The van der Waals surface area contributed by atoms with E-state index in [9.17, 15) is 13.2 Å². The van der Waals surface area contributed by atoms with Gasteiger partial charge in [-0.05, 0) is 6.07 Å². The molecule has 1 aromatic rings. The van der Waals surface area contributed by atoms with Crippen molar-refractivity contribution in [2.24, 2.45) is 4.99 Å². The second-order valence-corrected chi connectivity index (χ2v) is 3.72. The Morgan fingerprint density at radius 3 is 2.59 bits per heavy atom. The van der Waals surface area contributed by atoms with Crippen molar-refractivity contribution in [1.29, 1.82) is 0 Å². The maximum Gasteiger partial charge on any atom is 0.410 e. The molecule has 0 saturated carbocycles. The average molecular weight is 265 g/mol. The van der Waals surface area contributed by atoms with E-state index < -0.39 is 12.2 Å². The number of nitrogens with zero attached hydrogens (tertiary/aromatic N) is 2. The molecule has 0 N–H and O–H groups in total. The fourth-order valence-electron chi connectivity index (χ4n) is 1.78. The fourth-order valence-corrected chi connectivity index (χ4v) is 1.78. The third-order valence-corrected chi connectivity index (χ3v) is 2.67. The summed E-state index contributed by atoms with van der Waals surface area (Å²) in [6.45, 7) is -0.255. The quantitative estimate of drug-likeness (QED) is 0.703. The molecule has 1 aromatic carbocycles. The number of hydrogen-bond donors (Lipinski definition) is 0. The highest BCUT2D eigenvalue weighted by Crippen LogP contribution is 2.31. The number of anilines is 1. The molecule has 1 aliphatic heterocycles. The summed E-state index contributed by atoms with van der Waals surface area (Å²) in [4.78, 5) is 5.06. The van der Waals surface area contributed by atoms with E-state index in [1.54, 1.807) is 24.3 Å². The van der Waals surface area contributed by atoms with Gasteiger partial charge in [0.25, 0.3) is 0 Å². The van der Waals surface area contributed by atoms with Crippen molar-refractivity contribution in [2.75, 3.05) is 18.5 Å². The topological polar surface area (TPSA) is 15.6 Å². The van der Waals surface area contributed by atoms with Crippen LogP contribution < -0.4 is 4.90 Å². The number of rotatable bonds is 0. The van der Waals surface area contributed by atoms with Crippen molar-refractivity contribution in [1.82, 2.24) is 0 Å². The van der Waals surface area contributed by atoms with Gasteiger partial charge in [-0.25, -0.2) is 0 Å². The normalized spacial score (nSPS) is 19.3. The Bertz CT molecular complexity index is 417. The summed E-state index contributed by atoms with van der Waals surface area (Å²) >= 11 is 0. The summed E-state index contributed by atoms with van der Waals surface area (Å²) in [6.07, 6.45) is -2.76. The number of fused-ring (bicyclic) bond motifs is 1. The number of alkyl halides is 3. The van der Waals surface area contributed by atoms with Crippen molar-refractivity contribution in [3.8, 4) is 0 Å². The SMILES string of the molecule is CN1c2ccccc2C=NCC1C(F)(F)F.Cl. The second kappa shape index (κ2) is 4.96. The minimum atomic E-state index is -4.26. The molecule has 0 spiro atoms. The monoisotopic (exact) mass is 264 g/mol. The fraction of sp³-hybridized carbons (Fsp3) is 0.364. The van der Waals surface area contributed by atoms with Crippen LogP contribution in [0.5, 0.6) is 0 Å². The van der Waals surface area contributed by atoms with Gasteiger partial charge in [-0.15, -0.1) is 12.4 Å². The Morgan fingerprint density at radius 2 is 1.94 bits per heavy atom. The van der Waals surface area contributed by atoms with Crippen LogP contribution in [-0.2, 0) is 0 Å². The Labute approximate surface area is 104 Å². The maximum absolute atomic E-state index is 12.8. The second-order valence-electron chi connectivity index (χ2n) is 3.72. The zero-order valence-electron chi connectivity index (χ0n) is 9.11. The zero-order chi connectivity index (χ0) is 11.8. The van der Waals surface area contributed by atoms with Gasteiger partial charge < -0.3 is 4.90 Å². The molecular weight excluding hydrogens is 253 g/mol. The van der Waals surface area contributed by atoms with Crippen molar-refractivity contribution < 1.29 is 13.2 Å². The van der Waals surface area contributed by atoms with Gasteiger partial charge in [-0.1, -0.05) is 18.2 Å². The Hall–Kier alpha value is -1.23. The van der Waals surface area contributed by atoms with E-state index in [0.717, 1.165) is 5.56 Å². The molecular formula is C11H12ClF3N2. The predicted octanol–water partition coefficient (Wildman–Crippen LogP) is 2.91. The number of para-hydroxylation sites is 1.